The fourth-order valence-corrected chi connectivity index (χ4v) is 0.601. The summed E-state index contributed by atoms with van der Waals surface area (Å²) in [5.41, 5.74) is 0.475. The number of hydrogen-bond acceptors (Lipinski definition) is 3. The lowest BCUT2D eigenvalue weighted by molar-refractivity contribution is -0.155. The van der Waals surface area contributed by atoms with Crippen molar-refractivity contribution in [3.05, 3.63) is 11.6 Å². The summed E-state index contributed by atoms with van der Waals surface area (Å²) in [4.78, 5) is 21.1. The van der Waals surface area contributed by atoms with Gasteiger partial charge in [-0.2, -0.15) is 0 Å². The Kier molecular flexibility index (Phi) is 4.18. The molecule has 0 unspecified atom stereocenters. The van der Waals surface area contributed by atoms with Crippen LogP contribution in [0.25, 0.3) is 0 Å². The Balaban J connectivity index is 4.03. The van der Waals surface area contributed by atoms with E-state index in [0.29, 0.717) is 5.57 Å². The third kappa shape index (κ3) is 4.31. The highest BCUT2D eigenvalue weighted by atomic mass is 16.6. The van der Waals surface area contributed by atoms with Crippen LogP contribution in [-0.2, 0) is 14.3 Å². The Bertz CT molecular complexity index is 192. The standard InChI is InChI=1S/C8H12O3/c1-4-5-6(2)8(10)11-7(3)9/h5H,4H2,1-3H3/b6-5+. The van der Waals surface area contributed by atoms with Gasteiger partial charge in [0.2, 0.25) is 0 Å². The normalized spacial score (nSPS) is 11.0. The lowest BCUT2D eigenvalue weighted by Crippen LogP contribution is -2.09. The fourth-order valence-electron chi connectivity index (χ4n) is 0.601. The summed E-state index contributed by atoms with van der Waals surface area (Å²) in [6.45, 7) is 4.73. The monoisotopic (exact) mass is 156 g/mol. The molecule has 0 heterocycles. The van der Waals surface area contributed by atoms with Crippen molar-refractivity contribution in [3.63, 3.8) is 0 Å². The van der Waals surface area contributed by atoms with Gasteiger partial charge in [0.25, 0.3) is 0 Å². The van der Waals surface area contributed by atoms with Gasteiger partial charge < -0.3 is 4.74 Å². The summed E-state index contributed by atoms with van der Waals surface area (Å²) in [5.74, 6) is -1.13. The number of ether oxygens (including phenoxy) is 1. The third-order valence-corrected chi connectivity index (χ3v) is 1.07. The summed E-state index contributed by atoms with van der Waals surface area (Å²) in [6.07, 6.45) is 2.48. The van der Waals surface area contributed by atoms with E-state index in [1.54, 1.807) is 13.0 Å². The van der Waals surface area contributed by atoms with Crippen molar-refractivity contribution in [2.75, 3.05) is 0 Å². The molecule has 0 fully saturated rings. The largest absolute Gasteiger partial charge is 0.390 e. The first-order chi connectivity index (χ1) is 5.07. The van der Waals surface area contributed by atoms with Crippen molar-refractivity contribution in [3.8, 4) is 0 Å². The maximum absolute atomic E-state index is 10.8. The molecule has 0 bridgehead atoms. The van der Waals surface area contributed by atoms with Crippen LogP contribution in [0.3, 0.4) is 0 Å². The molecular weight excluding hydrogens is 144 g/mol. The summed E-state index contributed by atoms with van der Waals surface area (Å²) in [6, 6.07) is 0. The summed E-state index contributed by atoms with van der Waals surface area (Å²) in [5, 5.41) is 0. The first-order valence-electron chi connectivity index (χ1n) is 3.47. The molecule has 62 valence electrons. The molecule has 0 aromatic rings. The molecule has 0 aliphatic carbocycles. The van der Waals surface area contributed by atoms with E-state index in [9.17, 15) is 9.59 Å². The molecule has 0 N–H and O–H groups in total. The molecular formula is C8H12O3. The summed E-state index contributed by atoms with van der Waals surface area (Å²) < 4.78 is 4.32. The highest BCUT2D eigenvalue weighted by Gasteiger charge is 2.06. The van der Waals surface area contributed by atoms with Crippen LogP contribution in [-0.4, -0.2) is 11.9 Å². The predicted octanol–water partition coefficient (Wildman–Crippen LogP) is 1.43. The second kappa shape index (κ2) is 4.66. The molecule has 0 amide bonds. The SMILES string of the molecule is CC/C=C(\C)C(=O)OC(C)=O. The number of hydrogen-bond donors (Lipinski definition) is 0. The van der Waals surface area contributed by atoms with E-state index < -0.39 is 11.9 Å². The van der Waals surface area contributed by atoms with Crippen molar-refractivity contribution in [1.29, 1.82) is 0 Å². The van der Waals surface area contributed by atoms with Crippen LogP contribution in [0, 0.1) is 0 Å². The Morgan fingerprint density at radius 3 is 2.27 bits per heavy atom. The second-order valence-corrected chi connectivity index (χ2v) is 2.18. The zero-order chi connectivity index (χ0) is 8.85. The third-order valence-electron chi connectivity index (χ3n) is 1.07. The zero-order valence-electron chi connectivity index (χ0n) is 7.01. The average molecular weight is 156 g/mol. The van der Waals surface area contributed by atoms with E-state index >= 15 is 0 Å². The van der Waals surface area contributed by atoms with E-state index in [-0.39, 0.29) is 0 Å². The van der Waals surface area contributed by atoms with E-state index in [1.807, 2.05) is 6.92 Å². The number of esters is 2. The van der Waals surface area contributed by atoms with Gasteiger partial charge in [0.1, 0.15) is 0 Å². The molecule has 0 aromatic carbocycles. The Labute approximate surface area is 66.0 Å². The maximum atomic E-state index is 10.8. The lowest BCUT2D eigenvalue weighted by atomic mass is 10.2. The minimum Gasteiger partial charge on any atom is -0.390 e. The van der Waals surface area contributed by atoms with Crippen LogP contribution in [0.5, 0.6) is 0 Å². The fraction of sp³-hybridized carbons (Fsp3) is 0.500. The van der Waals surface area contributed by atoms with E-state index in [4.69, 9.17) is 0 Å². The average Bonchev–Trinajstić information content (AvgIpc) is 1.86. The van der Waals surface area contributed by atoms with Crippen LogP contribution >= 0.6 is 0 Å². The van der Waals surface area contributed by atoms with Crippen molar-refractivity contribution in [1.82, 2.24) is 0 Å². The van der Waals surface area contributed by atoms with E-state index in [1.165, 1.54) is 6.92 Å². The number of carbonyl (C=O) groups excluding carboxylic acids is 2. The smallest absolute Gasteiger partial charge is 0.341 e. The lowest BCUT2D eigenvalue weighted by Gasteiger charge is -1.97. The quantitative estimate of drug-likeness (QED) is 0.345. The molecule has 0 saturated heterocycles. The van der Waals surface area contributed by atoms with E-state index in [2.05, 4.69) is 4.74 Å². The van der Waals surface area contributed by atoms with Crippen molar-refractivity contribution in [2.24, 2.45) is 0 Å². The second-order valence-electron chi connectivity index (χ2n) is 2.18. The van der Waals surface area contributed by atoms with Gasteiger partial charge in [-0.15, -0.1) is 0 Å². The van der Waals surface area contributed by atoms with Gasteiger partial charge in [-0.05, 0) is 13.3 Å². The molecule has 0 atom stereocenters. The van der Waals surface area contributed by atoms with Crippen LogP contribution in [0.2, 0.25) is 0 Å². The zero-order valence-corrected chi connectivity index (χ0v) is 7.01. The molecule has 0 saturated carbocycles. The van der Waals surface area contributed by atoms with Crippen LogP contribution in [0.1, 0.15) is 27.2 Å². The first kappa shape index (κ1) is 9.88. The van der Waals surface area contributed by atoms with Gasteiger partial charge in [-0.25, -0.2) is 4.79 Å². The molecule has 3 heteroatoms. The molecule has 0 rings (SSSR count). The molecule has 0 radical (unpaired) electrons. The summed E-state index contributed by atoms with van der Waals surface area (Å²) >= 11 is 0. The molecule has 0 aliphatic rings. The highest BCUT2D eigenvalue weighted by Crippen LogP contribution is 1.98. The highest BCUT2D eigenvalue weighted by molar-refractivity contribution is 5.95. The van der Waals surface area contributed by atoms with Gasteiger partial charge in [-0.3, -0.25) is 4.79 Å². The summed E-state index contributed by atoms with van der Waals surface area (Å²) in [7, 11) is 0. The number of rotatable bonds is 2. The Morgan fingerprint density at radius 2 is 1.91 bits per heavy atom. The van der Waals surface area contributed by atoms with Crippen LogP contribution in [0.15, 0.2) is 11.6 Å². The van der Waals surface area contributed by atoms with Crippen molar-refractivity contribution >= 4 is 11.9 Å². The molecule has 11 heavy (non-hydrogen) atoms. The number of carbonyl (C=O) groups is 2. The Hall–Kier alpha value is -1.12. The van der Waals surface area contributed by atoms with Gasteiger partial charge in [-0.1, -0.05) is 13.0 Å². The molecule has 0 aliphatic heterocycles. The predicted molar refractivity (Wildman–Crippen MR) is 40.8 cm³/mol. The minimum absolute atomic E-state index is 0.475. The molecule has 3 nitrogen and oxygen atoms in total. The molecule has 0 aromatic heterocycles. The van der Waals surface area contributed by atoms with Gasteiger partial charge in [0.05, 0.1) is 0 Å². The van der Waals surface area contributed by atoms with Gasteiger partial charge in [0.15, 0.2) is 0 Å². The van der Waals surface area contributed by atoms with Crippen molar-refractivity contribution in [2.45, 2.75) is 27.2 Å². The minimum atomic E-state index is -0.571. The van der Waals surface area contributed by atoms with E-state index in [0.717, 1.165) is 6.42 Å². The Morgan fingerprint density at radius 1 is 1.36 bits per heavy atom. The topological polar surface area (TPSA) is 43.4 Å². The maximum Gasteiger partial charge on any atom is 0.341 e. The van der Waals surface area contributed by atoms with Crippen molar-refractivity contribution < 1.29 is 14.3 Å². The van der Waals surface area contributed by atoms with Crippen LogP contribution in [0.4, 0.5) is 0 Å². The number of allylic oxidation sites excluding steroid dienone is 1. The first-order valence-corrected chi connectivity index (χ1v) is 3.47. The van der Waals surface area contributed by atoms with Gasteiger partial charge in [0, 0.05) is 12.5 Å². The van der Waals surface area contributed by atoms with Crippen LogP contribution < -0.4 is 0 Å². The molecule has 0 spiro atoms. The van der Waals surface area contributed by atoms with Gasteiger partial charge >= 0.3 is 11.9 Å².